The van der Waals surface area contributed by atoms with E-state index in [0.717, 1.165) is 0 Å². The van der Waals surface area contributed by atoms with Crippen LogP contribution in [0.1, 0.15) is 16.1 Å². The number of nitrogens with zero attached hydrogens (tertiary/aromatic N) is 1. The minimum absolute atomic E-state index is 0.271. The zero-order valence-electron chi connectivity index (χ0n) is 8.13. The molecule has 0 saturated heterocycles. The van der Waals surface area contributed by atoms with Gasteiger partial charge in [0.05, 0.1) is 18.7 Å². The lowest BCUT2D eigenvalue weighted by Gasteiger charge is -2.09. The summed E-state index contributed by atoms with van der Waals surface area (Å²) in [7, 11) is 2.85. The molecule has 0 aliphatic rings. The average molecular weight is 260 g/mol. The van der Waals surface area contributed by atoms with E-state index in [0.29, 0.717) is 15.8 Å². The summed E-state index contributed by atoms with van der Waals surface area (Å²) in [6.45, 7) is 1.75. The van der Waals surface area contributed by atoms with Crippen LogP contribution < -0.4 is 4.74 Å². The van der Waals surface area contributed by atoms with E-state index in [2.05, 4.69) is 25.7 Å². The molecule has 0 amide bonds. The van der Waals surface area contributed by atoms with Crippen molar-refractivity contribution < 1.29 is 14.3 Å². The van der Waals surface area contributed by atoms with Gasteiger partial charge in [-0.2, -0.15) is 0 Å². The number of hydrogen-bond acceptors (Lipinski definition) is 4. The Morgan fingerprint density at radius 2 is 2.14 bits per heavy atom. The summed E-state index contributed by atoms with van der Waals surface area (Å²) in [6.07, 6.45) is 1.51. The molecule has 14 heavy (non-hydrogen) atoms. The van der Waals surface area contributed by atoms with Gasteiger partial charge in [0, 0.05) is 11.8 Å². The summed E-state index contributed by atoms with van der Waals surface area (Å²) in [5, 5.41) is 0. The molecule has 0 unspecified atom stereocenters. The van der Waals surface area contributed by atoms with E-state index in [-0.39, 0.29) is 5.69 Å². The molecule has 0 fully saturated rings. The molecule has 0 atom stereocenters. The van der Waals surface area contributed by atoms with Gasteiger partial charge in [0.25, 0.3) is 0 Å². The van der Waals surface area contributed by atoms with Crippen molar-refractivity contribution in [2.24, 2.45) is 0 Å². The summed E-state index contributed by atoms with van der Waals surface area (Å²) in [6, 6.07) is 0. The minimum atomic E-state index is -0.465. The van der Waals surface area contributed by atoms with Crippen molar-refractivity contribution in [3.05, 3.63) is 21.9 Å². The zero-order chi connectivity index (χ0) is 10.7. The maximum atomic E-state index is 11.3. The van der Waals surface area contributed by atoms with Gasteiger partial charge in [-0.1, -0.05) is 0 Å². The average Bonchev–Trinajstić information content (AvgIpc) is 2.18. The quantitative estimate of drug-likeness (QED) is 0.762. The van der Waals surface area contributed by atoms with E-state index in [9.17, 15) is 4.79 Å². The van der Waals surface area contributed by atoms with Gasteiger partial charge in [-0.25, -0.2) is 9.78 Å². The monoisotopic (exact) mass is 259 g/mol. The number of methoxy groups -OCH3 is 2. The lowest BCUT2D eigenvalue weighted by Crippen LogP contribution is -2.08. The van der Waals surface area contributed by atoms with Crippen molar-refractivity contribution in [1.82, 2.24) is 4.98 Å². The molecule has 1 heterocycles. The van der Waals surface area contributed by atoms with Crippen LogP contribution in [-0.2, 0) is 4.74 Å². The highest BCUT2D eigenvalue weighted by molar-refractivity contribution is 9.10. The summed E-state index contributed by atoms with van der Waals surface area (Å²) >= 11 is 3.27. The number of esters is 1. The molecular formula is C9H10BrNO3. The van der Waals surface area contributed by atoms with Crippen LogP contribution >= 0.6 is 15.9 Å². The fourth-order valence-corrected chi connectivity index (χ4v) is 1.68. The van der Waals surface area contributed by atoms with E-state index >= 15 is 0 Å². The second-order valence-electron chi connectivity index (χ2n) is 2.60. The Labute approximate surface area is 90.4 Å². The number of ether oxygens (including phenoxy) is 2. The third-order valence-corrected chi connectivity index (χ3v) is 2.37. The van der Waals surface area contributed by atoms with Gasteiger partial charge in [-0.05, 0) is 22.9 Å². The molecule has 0 aliphatic carbocycles. The smallest absolute Gasteiger partial charge is 0.357 e. The van der Waals surface area contributed by atoms with E-state index in [1.165, 1.54) is 20.4 Å². The van der Waals surface area contributed by atoms with Crippen molar-refractivity contribution in [2.45, 2.75) is 6.92 Å². The third kappa shape index (κ3) is 1.87. The van der Waals surface area contributed by atoms with Crippen molar-refractivity contribution in [3.63, 3.8) is 0 Å². The first-order chi connectivity index (χ1) is 6.61. The van der Waals surface area contributed by atoms with E-state index < -0.39 is 5.97 Å². The Bertz CT molecular complexity index is 365. The summed E-state index contributed by atoms with van der Waals surface area (Å²) < 4.78 is 10.4. The predicted octanol–water partition coefficient (Wildman–Crippen LogP) is 1.95. The van der Waals surface area contributed by atoms with Crippen molar-refractivity contribution >= 4 is 21.9 Å². The van der Waals surface area contributed by atoms with E-state index in [4.69, 9.17) is 4.74 Å². The molecule has 1 aromatic rings. The van der Waals surface area contributed by atoms with Gasteiger partial charge in [-0.15, -0.1) is 0 Å². The first kappa shape index (κ1) is 11.0. The maximum Gasteiger partial charge on any atom is 0.357 e. The summed E-state index contributed by atoms with van der Waals surface area (Å²) in [4.78, 5) is 15.2. The van der Waals surface area contributed by atoms with Crippen LogP contribution in [0.2, 0.25) is 0 Å². The topological polar surface area (TPSA) is 48.4 Å². The molecule has 5 heteroatoms. The molecule has 76 valence electrons. The Morgan fingerprint density at radius 3 is 2.64 bits per heavy atom. The van der Waals surface area contributed by atoms with Gasteiger partial charge in [0.2, 0.25) is 0 Å². The first-order valence-electron chi connectivity index (χ1n) is 3.89. The molecule has 1 rings (SSSR count). The van der Waals surface area contributed by atoms with Crippen LogP contribution in [0, 0.1) is 6.92 Å². The van der Waals surface area contributed by atoms with Crippen molar-refractivity contribution in [1.29, 1.82) is 0 Å². The van der Waals surface area contributed by atoms with Gasteiger partial charge in [0.1, 0.15) is 5.75 Å². The summed E-state index contributed by atoms with van der Waals surface area (Å²) in [5.41, 5.74) is 0.932. The largest absolute Gasteiger partial charge is 0.495 e. The molecule has 0 N–H and O–H groups in total. The van der Waals surface area contributed by atoms with E-state index in [1.807, 2.05) is 0 Å². The van der Waals surface area contributed by atoms with Gasteiger partial charge in [-0.3, -0.25) is 0 Å². The molecule has 0 aromatic carbocycles. The van der Waals surface area contributed by atoms with Crippen molar-refractivity contribution in [2.75, 3.05) is 14.2 Å². The van der Waals surface area contributed by atoms with Gasteiger partial charge in [0.15, 0.2) is 5.69 Å². The van der Waals surface area contributed by atoms with Crippen LogP contribution in [0.3, 0.4) is 0 Å². The number of pyridine rings is 1. The standard InChI is InChI=1S/C9H10BrNO3/c1-5-7(9(12)14-3)11-4-6(10)8(5)13-2/h4H,1-3H3. The Morgan fingerprint density at radius 1 is 1.50 bits per heavy atom. The van der Waals surface area contributed by atoms with Crippen LogP contribution in [0.25, 0.3) is 0 Å². The second kappa shape index (κ2) is 4.41. The molecule has 0 radical (unpaired) electrons. The lowest BCUT2D eigenvalue weighted by atomic mass is 10.2. The highest BCUT2D eigenvalue weighted by atomic mass is 79.9. The van der Waals surface area contributed by atoms with Gasteiger partial charge < -0.3 is 9.47 Å². The highest BCUT2D eigenvalue weighted by Crippen LogP contribution is 2.29. The summed E-state index contributed by atoms with van der Waals surface area (Å²) in [5.74, 6) is 0.133. The normalized spacial score (nSPS) is 9.71. The van der Waals surface area contributed by atoms with Crippen LogP contribution in [-0.4, -0.2) is 25.2 Å². The minimum Gasteiger partial charge on any atom is -0.495 e. The molecule has 0 saturated carbocycles. The Kier molecular flexibility index (Phi) is 3.46. The number of aromatic nitrogens is 1. The molecule has 0 spiro atoms. The maximum absolute atomic E-state index is 11.3. The lowest BCUT2D eigenvalue weighted by molar-refractivity contribution is 0.0592. The molecule has 1 aromatic heterocycles. The van der Waals surface area contributed by atoms with E-state index in [1.54, 1.807) is 6.92 Å². The van der Waals surface area contributed by atoms with Crippen molar-refractivity contribution in [3.8, 4) is 5.75 Å². The van der Waals surface area contributed by atoms with Crippen LogP contribution in [0.15, 0.2) is 10.7 Å². The van der Waals surface area contributed by atoms with Gasteiger partial charge >= 0.3 is 5.97 Å². The second-order valence-corrected chi connectivity index (χ2v) is 3.46. The fourth-order valence-electron chi connectivity index (χ4n) is 1.12. The molecule has 0 aliphatic heterocycles. The number of hydrogen-bond donors (Lipinski definition) is 0. The SMILES string of the molecule is COC(=O)c1ncc(Br)c(OC)c1C. The molecule has 4 nitrogen and oxygen atoms in total. The zero-order valence-corrected chi connectivity index (χ0v) is 9.71. The number of carbonyl (C=O) groups is 1. The number of halogens is 1. The third-order valence-electron chi connectivity index (χ3n) is 1.80. The molecule has 0 bridgehead atoms. The Balaban J connectivity index is 3.28. The Hall–Kier alpha value is -1.10. The number of carbonyl (C=O) groups excluding carboxylic acids is 1. The predicted molar refractivity (Wildman–Crippen MR) is 54.6 cm³/mol. The van der Waals surface area contributed by atoms with Crippen LogP contribution in [0.5, 0.6) is 5.75 Å². The number of rotatable bonds is 2. The highest BCUT2D eigenvalue weighted by Gasteiger charge is 2.16. The fraction of sp³-hybridized carbons (Fsp3) is 0.333. The molecular weight excluding hydrogens is 250 g/mol. The van der Waals surface area contributed by atoms with Crippen LogP contribution in [0.4, 0.5) is 0 Å². The first-order valence-corrected chi connectivity index (χ1v) is 4.68.